The average Bonchev–Trinajstić information content (AvgIpc) is 2.83. The van der Waals surface area contributed by atoms with Gasteiger partial charge in [0, 0.05) is 12.1 Å². The summed E-state index contributed by atoms with van der Waals surface area (Å²) in [6, 6.07) is 2.05. The minimum Gasteiger partial charge on any atom is -0.417 e. The molecule has 2 aromatic heterocycles. The molecule has 136 valence electrons. The number of hydrogen-bond acceptors (Lipinski definition) is 5. The van der Waals surface area contributed by atoms with Crippen molar-refractivity contribution in [1.82, 2.24) is 14.2 Å². The molecule has 0 radical (unpaired) electrons. The summed E-state index contributed by atoms with van der Waals surface area (Å²) in [7, 11) is 0. The van der Waals surface area contributed by atoms with Gasteiger partial charge in [-0.05, 0) is 28.1 Å². The highest BCUT2D eigenvalue weighted by molar-refractivity contribution is 9.10. The second-order valence-electron chi connectivity index (χ2n) is 4.58. The van der Waals surface area contributed by atoms with Crippen LogP contribution in [0.5, 0.6) is 5.75 Å². The lowest BCUT2D eigenvalue weighted by Crippen LogP contribution is -2.28. The lowest BCUT2D eigenvalue weighted by molar-refractivity contribution is -0.189. The fourth-order valence-corrected chi connectivity index (χ4v) is 2.31. The molecular formula is C12H8BrF5N4O3. The zero-order chi connectivity index (χ0) is 18.9. The van der Waals surface area contributed by atoms with Crippen LogP contribution in [0.25, 0.3) is 5.65 Å². The summed E-state index contributed by atoms with van der Waals surface area (Å²) in [5, 5.41) is 3.76. The summed E-state index contributed by atoms with van der Waals surface area (Å²) < 4.78 is 67.3. The molecule has 0 amide bonds. The van der Waals surface area contributed by atoms with Gasteiger partial charge in [0.05, 0.1) is 6.54 Å². The van der Waals surface area contributed by atoms with Gasteiger partial charge in [0.25, 0.3) is 6.08 Å². The van der Waals surface area contributed by atoms with E-state index in [-0.39, 0.29) is 10.3 Å². The molecule has 0 aliphatic heterocycles. The van der Waals surface area contributed by atoms with E-state index in [2.05, 4.69) is 25.8 Å². The van der Waals surface area contributed by atoms with Crippen molar-refractivity contribution in [3.63, 3.8) is 0 Å². The highest BCUT2D eigenvalue weighted by atomic mass is 79.9. The molecule has 13 heteroatoms. The Hall–Kier alpha value is -2.28. The highest BCUT2D eigenvalue weighted by Gasteiger charge is 2.41. The van der Waals surface area contributed by atoms with Crippen LogP contribution in [0, 0.1) is 0 Å². The van der Waals surface area contributed by atoms with Crippen LogP contribution in [0.3, 0.4) is 0 Å². The smallest absolute Gasteiger partial charge is 0.417 e. The molecule has 2 aromatic rings. The predicted octanol–water partition coefficient (Wildman–Crippen LogP) is 1.84. The Morgan fingerprint density at radius 1 is 1.32 bits per heavy atom. The van der Waals surface area contributed by atoms with E-state index in [0.29, 0.717) is 4.68 Å². The number of hydrogen-bond donors (Lipinski definition) is 1. The molecule has 0 unspecified atom stereocenters. The largest absolute Gasteiger partial charge is 0.491 e. The van der Waals surface area contributed by atoms with Crippen molar-refractivity contribution in [3.05, 3.63) is 38.9 Å². The van der Waals surface area contributed by atoms with E-state index in [0.717, 1.165) is 16.5 Å². The van der Waals surface area contributed by atoms with Crippen LogP contribution in [-0.4, -0.2) is 32.9 Å². The fourth-order valence-electron chi connectivity index (χ4n) is 1.77. The minimum absolute atomic E-state index is 0.0701. The van der Waals surface area contributed by atoms with Crippen molar-refractivity contribution in [2.75, 3.05) is 6.54 Å². The number of esters is 1. The van der Waals surface area contributed by atoms with Gasteiger partial charge in [0.1, 0.15) is 4.60 Å². The predicted molar refractivity (Wildman–Crippen MR) is 77.1 cm³/mol. The maximum Gasteiger partial charge on any atom is 0.491 e. The molecule has 0 spiro atoms. The first-order valence-electron chi connectivity index (χ1n) is 6.36. The average molecular weight is 431 g/mol. The lowest BCUT2D eigenvalue weighted by Gasteiger charge is -2.08. The molecule has 0 fully saturated rings. The molecule has 25 heavy (non-hydrogen) atoms. The van der Waals surface area contributed by atoms with Gasteiger partial charge in [0.15, 0.2) is 11.4 Å². The number of nitrogens with two attached hydrogens (primary N) is 1. The van der Waals surface area contributed by atoms with E-state index in [9.17, 15) is 31.5 Å². The number of halogens is 6. The summed E-state index contributed by atoms with van der Waals surface area (Å²) in [5.41, 5.74) is 3.60. The molecule has 0 aromatic carbocycles. The van der Waals surface area contributed by atoms with E-state index in [1.54, 1.807) is 0 Å². The van der Waals surface area contributed by atoms with Crippen LogP contribution >= 0.6 is 15.9 Å². The first-order chi connectivity index (χ1) is 11.6. The summed E-state index contributed by atoms with van der Waals surface area (Å²) >= 11 is 2.83. The van der Waals surface area contributed by atoms with Crippen molar-refractivity contribution < 1.29 is 31.5 Å². The molecule has 2 rings (SSSR count). The molecule has 0 aliphatic rings. The van der Waals surface area contributed by atoms with Crippen LogP contribution in [-0.2, 0) is 11.3 Å². The van der Waals surface area contributed by atoms with Crippen LogP contribution < -0.4 is 16.2 Å². The standard InChI is InChI=1S/C12H8BrF5N4O3/c13-8-6(25-10(23)12(16,17)18)1-2-7-20-21(11(24)22(7)8)4-5(3-19)9(14)15/h1-2H,3-4,19H2. The van der Waals surface area contributed by atoms with Gasteiger partial charge in [-0.25, -0.2) is 18.7 Å². The van der Waals surface area contributed by atoms with Gasteiger partial charge < -0.3 is 10.5 Å². The number of alkyl halides is 3. The summed E-state index contributed by atoms with van der Waals surface area (Å²) in [4.78, 5) is 23.1. The Labute approximate surface area is 143 Å². The molecule has 0 saturated heterocycles. The second kappa shape index (κ2) is 6.92. The van der Waals surface area contributed by atoms with Crippen molar-refractivity contribution in [2.45, 2.75) is 12.7 Å². The van der Waals surface area contributed by atoms with Gasteiger partial charge in [-0.3, -0.25) is 0 Å². The van der Waals surface area contributed by atoms with Crippen LogP contribution in [0.15, 0.2) is 33.2 Å². The van der Waals surface area contributed by atoms with Crippen molar-refractivity contribution in [3.8, 4) is 5.75 Å². The van der Waals surface area contributed by atoms with Crippen LogP contribution in [0.1, 0.15) is 0 Å². The molecule has 0 bridgehead atoms. The first kappa shape index (κ1) is 19.1. The number of pyridine rings is 1. The molecule has 2 heterocycles. The fraction of sp³-hybridized carbons (Fsp3) is 0.250. The summed E-state index contributed by atoms with van der Waals surface area (Å²) in [6.45, 7) is -1.12. The lowest BCUT2D eigenvalue weighted by atomic mass is 10.3. The third-order valence-corrected chi connectivity index (χ3v) is 3.68. The normalized spacial score (nSPS) is 11.6. The Balaban J connectivity index is 2.49. The highest BCUT2D eigenvalue weighted by Crippen LogP contribution is 2.27. The van der Waals surface area contributed by atoms with E-state index in [1.165, 1.54) is 0 Å². The van der Waals surface area contributed by atoms with Gasteiger partial charge in [0.2, 0.25) is 0 Å². The van der Waals surface area contributed by atoms with Gasteiger partial charge in [-0.2, -0.15) is 22.0 Å². The Kier molecular flexibility index (Phi) is 5.27. The molecule has 2 N–H and O–H groups in total. The molecule has 0 atom stereocenters. The molecule has 0 saturated carbocycles. The van der Waals surface area contributed by atoms with Crippen LogP contribution in [0.2, 0.25) is 0 Å². The number of rotatable bonds is 4. The second-order valence-corrected chi connectivity index (χ2v) is 5.33. The van der Waals surface area contributed by atoms with E-state index in [1.807, 2.05) is 0 Å². The number of fused-ring (bicyclic) bond motifs is 1. The number of carbonyl (C=O) groups is 1. The monoisotopic (exact) mass is 430 g/mol. The van der Waals surface area contributed by atoms with Crippen molar-refractivity contribution >= 4 is 27.5 Å². The first-order valence-corrected chi connectivity index (χ1v) is 7.15. The number of nitrogens with zero attached hydrogens (tertiary/aromatic N) is 3. The SMILES string of the molecule is NCC(Cn1nc2ccc(OC(=O)C(F)(F)F)c(Br)n2c1=O)=C(F)F. The zero-order valence-electron chi connectivity index (χ0n) is 12.0. The van der Waals surface area contributed by atoms with Crippen LogP contribution in [0.4, 0.5) is 22.0 Å². The number of aromatic nitrogens is 3. The number of ether oxygens (including phenoxy) is 1. The topological polar surface area (TPSA) is 91.6 Å². The summed E-state index contributed by atoms with van der Waals surface area (Å²) in [5.74, 6) is -3.08. The molecule has 0 aliphatic carbocycles. The molecule has 7 nitrogen and oxygen atoms in total. The van der Waals surface area contributed by atoms with Gasteiger partial charge in [-0.15, -0.1) is 5.10 Å². The van der Waals surface area contributed by atoms with E-state index >= 15 is 0 Å². The third kappa shape index (κ3) is 3.87. The summed E-state index contributed by atoms with van der Waals surface area (Å²) in [6.07, 6.45) is -7.30. The Bertz CT molecular complexity index is 914. The van der Waals surface area contributed by atoms with Gasteiger partial charge >= 0.3 is 17.8 Å². The molecular weight excluding hydrogens is 423 g/mol. The minimum atomic E-state index is -5.23. The number of carbonyl (C=O) groups excluding carboxylic acids is 1. The maximum absolute atomic E-state index is 12.6. The third-order valence-electron chi connectivity index (χ3n) is 2.94. The Morgan fingerprint density at radius 2 is 1.96 bits per heavy atom. The van der Waals surface area contributed by atoms with E-state index in [4.69, 9.17) is 5.73 Å². The Morgan fingerprint density at radius 3 is 2.48 bits per heavy atom. The maximum atomic E-state index is 12.6. The van der Waals surface area contributed by atoms with E-state index < -0.39 is 48.3 Å². The van der Waals surface area contributed by atoms with Crippen molar-refractivity contribution in [2.24, 2.45) is 5.73 Å². The zero-order valence-corrected chi connectivity index (χ0v) is 13.6. The quantitative estimate of drug-likeness (QED) is 0.453. The van der Waals surface area contributed by atoms with Gasteiger partial charge in [-0.1, -0.05) is 0 Å². The van der Waals surface area contributed by atoms with Crippen molar-refractivity contribution in [1.29, 1.82) is 0 Å².